The van der Waals surface area contributed by atoms with Crippen LogP contribution in [-0.2, 0) is 4.74 Å². The van der Waals surface area contributed by atoms with Crippen LogP contribution in [0, 0.1) is 22.8 Å². The lowest BCUT2D eigenvalue weighted by molar-refractivity contribution is -0.0974. The molecule has 27 heavy (non-hydrogen) atoms. The maximum Gasteiger partial charge on any atom is 0.205 e. The van der Waals surface area contributed by atoms with E-state index in [1.54, 1.807) is 6.07 Å². The highest BCUT2D eigenvalue weighted by Crippen LogP contribution is 2.40. The van der Waals surface area contributed by atoms with Gasteiger partial charge in [0.05, 0.1) is 30.1 Å². The van der Waals surface area contributed by atoms with E-state index < -0.39 is 5.60 Å². The quantitative estimate of drug-likeness (QED) is 0.716. The lowest BCUT2D eigenvalue weighted by Crippen LogP contribution is -2.50. The van der Waals surface area contributed by atoms with E-state index in [-0.39, 0.29) is 6.10 Å². The molecule has 4 rings (SSSR count). The average Bonchev–Trinajstić information content (AvgIpc) is 2.70. The first-order valence-corrected chi connectivity index (χ1v) is 9.04. The van der Waals surface area contributed by atoms with E-state index in [2.05, 4.69) is 18.0 Å². The van der Waals surface area contributed by atoms with Crippen molar-refractivity contribution in [3.63, 3.8) is 0 Å². The van der Waals surface area contributed by atoms with Gasteiger partial charge in [0.2, 0.25) is 6.19 Å². The summed E-state index contributed by atoms with van der Waals surface area (Å²) >= 11 is 0. The predicted octanol–water partition coefficient (Wildman–Crippen LogP) is 4.22. The van der Waals surface area contributed by atoms with E-state index in [9.17, 15) is 5.26 Å². The van der Waals surface area contributed by atoms with Crippen molar-refractivity contribution in [2.24, 2.45) is 4.99 Å². The zero-order chi connectivity index (χ0) is 18.9. The molecule has 134 valence electrons. The highest BCUT2D eigenvalue weighted by atomic mass is 16.6. The molecule has 1 fully saturated rings. The van der Waals surface area contributed by atoms with Gasteiger partial charge in [0.1, 0.15) is 11.4 Å². The summed E-state index contributed by atoms with van der Waals surface area (Å²) in [4.78, 5) is 4.10. The SMILES string of the molecule is C[C@H]1CC[C@@]2(CO1)CC(=NC#N)c1cc(-c3cccc(C#N)c3)ccc1O2. The van der Waals surface area contributed by atoms with Crippen molar-refractivity contribution < 1.29 is 9.47 Å². The molecule has 5 nitrogen and oxygen atoms in total. The maximum absolute atomic E-state index is 9.18. The minimum absolute atomic E-state index is 0.228. The third-order valence-electron chi connectivity index (χ3n) is 5.25. The van der Waals surface area contributed by atoms with Gasteiger partial charge in [-0.2, -0.15) is 15.5 Å². The van der Waals surface area contributed by atoms with Gasteiger partial charge in [-0.05, 0) is 55.2 Å². The lowest BCUT2D eigenvalue weighted by Gasteiger charge is -2.42. The molecular weight excluding hydrogens is 338 g/mol. The van der Waals surface area contributed by atoms with E-state index in [0.29, 0.717) is 18.6 Å². The molecule has 0 amide bonds. The fourth-order valence-corrected chi connectivity index (χ4v) is 3.76. The summed E-state index contributed by atoms with van der Waals surface area (Å²) in [5.74, 6) is 0.730. The fraction of sp³-hybridized carbons (Fsp3) is 0.318. The standard InChI is InChI=1S/C22H19N3O2/c1-15-7-8-22(13-26-15)11-20(25-14-24)19-10-18(5-6-21(19)27-22)17-4-2-3-16(9-17)12-23/h2-6,9-10,15H,7-8,11,13H2,1H3/t15-,22-/m0/s1. The van der Waals surface area contributed by atoms with Crippen LogP contribution in [0.15, 0.2) is 47.5 Å². The van der Waals surface area contributed by atoms with E-state index in [1.165, 1.54) is 0 Å². The summed E-state index contributed by atoms with van der Waals surface area (Å²) in [5, 5.41) is 18.3. The third kappa shape index (κ3) is 3.30. The van der Waals surface area contributed by atoms with Gasteiger partial charge in [-0.25, -0.2) is 0 Å². The van der Waals surface area contributed by atoms with Gasteiger partial charge < -0.3 is 9.47 Å². The Morgan fingerprint density at radius 2 is 2.00 bits per heavy atom. The molecule has 2 aromatic rings. The Morgan fingerprint density at radius 1 is 1.15 bits per heavy atom. The number of fused-ring (bicyclic) bond motifs is 1. The smallest absolute Gasteiger partial charge is 0.205 e. The summed E-state index contributed by atoms with van der Waals surface area (Å²) in [6.45, 7) is 2.57. The Kier molecular flexibility index (Phi) is 4.39. The van der Waals surface area contributed by atoms with Crippen molar-refractivity contribution in [2.45, 2.75) is 37.9 Å². The summed E-state index contributed by atoms with van der Waals surface area (Å²) in [6, 6.07) is 15.5. The first-order chi connectivity index (χ1) is 13.1. The van der Waals surface area contributed by atoms with Gasteiger partial charge >= 0.3 is 0 Å². The van der Waals surface area contributed by atoms with Gasteiger partial charge in [0.25, 0.3) is 0 Å². The number of rotatable bonds is 1. The van der Waals surface area contributed by atoms with Crippen LogP contribution >= 0.6 is 0 Å². The minimum atomic E-state index is -0.447. The molecule has 2 heterocycles. The summed E-state index contributed by atoms with van der Waals surface area (Å²) in [6.07, 6.45) is 4.52. The topological polar surface area (TPSA) is 78.4 Å². The third-order valence-corrected chi connectivity index (χ3v) is 5.25. The van der Waals surface area contributed by atoms with E-state index in [1.807, 2.05) is 42.6 Å². The Hall–Kier alpha value is -3.15. The van der Waals surface area contributed by atoms with Crippen LogP contribution < -0.4 is 4.74 Å². The average molecular weight is 357 g/mol. The van der Waals surface area contributed by atoms with Crippen molar-refractivity contribution >= 4 is 5.71 Å². The molecule has 0 bridgehead atoms. The van der Waals surface area contributed by atoms with Gasteiger partial charge in [0.15, 0.2) is 0 Å². The minimum Gasteiger partial charge on any atom is -0.484 e. The number of hydrogen-bond acceptors (Lipinski definition) is 5. The second-order valence-electron chi connectivity index (χ2n) is 7.18. The van der Waals surface area contributed by atoms with Gasteiger partial charge in [-0.15, -0.1) is 0 Å². The molecule has 0 N–H and O–H groups in total. The van der Waals surface area contributed by atoms with Crippen molar-refractivity contribution in [2.75, 3.05) is 6.61 Å². The first kappa shape index (κ1) is 17.3. The molecule has 2 atom stereocenters. The van der Waals surface area contributed by atoms with Gasteiger partial charge in [0, 0.05) is 12.0 Å². The molecule has 2 aromatic carbocycles. The molecule has 5 heteroatoms. The van der Waals surface area contributed by atoms with Crippen LogP contribution in [0.1, 0.15) is 37.3 Å². The van der Waals surface area contributed by atoms with E-state index in [0.717, 1.165) is 41.0 Å². The maximum atomic E-state index is 9.18. The van der Waals surface area contributed by atoms with Crippen LogP contribution in [0.4, 0.5) is 0 Å². The molecule has 0 saturated carbocycles. The normalized spacial score (nSPS) is 25.3. The van der Waals surface area contributed by atoms with E-state index in [4.69, 9.17) is 14.7 Å². The van der Waals surface area contributed by atoms with Crippen molar-refractivity contribution in [3.05, 3.63) is 53.6 Å². The molecule has 1 spiro atoms. The van der Waals surface area contributed by atoms with Crippen LogP contribution in [0.5, 0.6) is 5.75 Å². The monoisotopic (exact) mass is 357 g/mol. The van der Waals surface area contributed by atoms with E-state index >= 15 is 0 Å². The summed E-state index contributed by atoms with van der Waals surface area (Å²) in [7, 11) is 0. The first-order valence-electron chi connectivity index (χ1n) is 9.04. The number of ether oxygens (including phenoxy) is 2. The molecule has 0 aliphatic carbocycles. The second kappa shape index (κ2) is 6.87. The van der Waals surface area contributed by atoms with Crippen LogP contribution in [0.25, 0.3) is 11.1 Å². The number of nitrogens with zero attached hydrogens (tertiary/aromatic N) is 3. The zero-order valence-corrected chi connectivity index (χ0v) is 15.1. The largest absolute Gasteiger partial charge is 0.484 e. The highest BCUT2D eigenvalue weighted by Gasteiger charge is 2.42. The highest BCUT2D eigenvalue weighted by molar-refractivity contribution is 6.05. The van der Waals surface area contributed by atoms with Crippen molar-refractivity contribution in [1.82, 2.24) is 0 Å². The summed E-state index contributed by atoms with van der Waals surface area (Å²) in [5.41, 5.74) is 3.64. The van der Waals surface area contributed by atoms with Gasteiger partial charge in [-0.1, -0.05) is 18.2 Å². The number of benzene rings is 2. The molecule has 2 aliphatic rings. The van der Waals surface area contributed by atoms with Crippen LogP contribution in [0.3, 0.4) is 0 Å². The number of aliphatic imine (C=N–C) groups is 1. The number of nitriles is 2. The number of hydrogen-bond donors (Lipinski definition) is 0. The molecule has 0 radical (unpaired) electrons. The van der Waals surface area contributed by atoms with Crippen LogP contribution in [-0.4, -0.2) is 24.0 Å². The fourth-order valence-electron chi connectivity index (χ4n) is 3.76. The summed E-state index contributed by atoms with van der Waals surface area (Å²) < 4.78 is 12.2. The second-order valence-corrected chi connectivity index (χ2v) is 7.18. The zero-order valence-electron chi connectivity index (χ0n) is 15.1. The molecular formula is C22H19N3O2. The Bertz CT molecular complexity index is 989. The Morgan fingerprint density at radius 3 is 2.74 bits per heavy atom. The van der Waals surface area contributed by atoms with Gasteiger partial charge in [-0.3, -0.25) is 0 Å². The Balaban J connectivity index is 1.74. The molecule has 2 aliphatic heterocycles. The molecule has 0 aromatic heterocycles. The van der Waals surface area contributed by atoms with Crippen molar-refractivity contribution in [1.29, 1.82) is 10.5 Å². The molecule has 0 unspecified atom stereocenters. The predicted molar refractivity (Wildman–Crippen MR) is 101 cm³/mol. The molecule has 1 saturated heterocycles. The van der Waals surface area contributed by atoms with Crippen molar-refractivity contribution in [3.8, 4) is 29.1 Å². The Labute approximate surface area is 158 Å². The lowest BCUT2D eigenvalue weighted by atomic mass is 9.83. The van der Waals surface area contributed by atoms with Crippen LogP contribution in [0.2, 0.25) is 0 Å².